The maximum absolute atomic E-state index is 12.8. The summed E-state index contributed by atoms with van der Waals surface area (Å²) in [6.07, 6.45) is 3.09. The van der Waals surface area contributed by atoms with Crippen LogP contribution in [0.5, 0.6) is 0 Å². The molecule has 1 N–H and O–H groups in total. The molecule has 1 aromatic rings. The van der Waals surface area contributed by atoms with E-state index in [2.05, 4.69) is 20.8 Å². The maximum Gasteiger partial charge on any atom is 0.289 e. The number of fused-ring (bicyclic) bond motifs is 1. The first kappa shape index (κ1) is 15.6. The van der Waals surface area contributed by atoms with Crippen LogP contribution in [0.1, 0.15) is 73.6 Å². The van der Waals surface area contributed by atoms with E-state index in [0.29, 0.717) is 11.7 Å². The third kappa shape index (κ3) is 2.69. The molecule has 1 saturated heterocycles. The van der Waals surface area contributed by atoms with Gasteiger partial charge in [0, 0.05) is 30.6 Å². The molecule has 2 aliphatic rings. The van der Waals surface area contributed by atoms with Crippen molar-refractivity contribution in [1.29, 1.82) is 0 Å². The molecule has 1 aliphatic heterocycles. The Morgan fingerprint density at radius 1 is 1.32 bits per heavy atom. The summed E-state index contributed by atoms with van der Waals surface area (Å²) in [5.41, 5.74) is 1.70. The van der Waals surface area contributed by atoms with Gasteiger partial charge in [-0.1, -0.05) is 20.8 Å². The molecule has 1 amide bonds. The highest BCUT2D eigenvalue weighted by atomic mass is 16.4. The second-order valence-electron chi connectivity index (χ2n) is 7.93. The first-order valence-electron chi connectivity index (χ1n) is 8.38. The second kappa shape index (κ2) is 5.41. The van der Waals surface area contributed by atoms with Crippen LogP contribution in [0.3, 0.4) is 0 Å². The van der Waals surface area contributed by atoms with Crippen LogP contribution in [-0.4, -0.2) is 29.0 Å². The Morgan fingerprint density at radius 3 is 2.59 bits per heavy atom. The number of furan rings is 1. The normalized spacial score (nSPS) is 25.1. The van der Waals surface area contributed by atoms with Crippen molar-refractivity contribution >= 4 is 5.91 Å². The summed E-state index contributed by atoms with van der Waals surface area (Å²) in [4.78, 5) is 14.7. The summed E-state index contributed by atoms with van der Waals surface area (Å²) in [6, 6.07) is 0. The second-order valence-corrected chi connectivity index (χ2v) is 7.93. The topological polar surface area (TPSA) is 53.7 Å². The van der Waals surface area contributed by atoms with E-state index >= 15 is 0 Å². The predicted molar refractivity (Wildman–Crippen MR) is 84.8 cm³/mol. The lowest BCUT2D eigenvalue weighted by atomic mass is 9.75. The zero-order valence-corrected chi connectivity index (χ0v) is 14.1. The Labute approximate surface area is 132 Å². The molecular weight excluding hydrogens is 278 g/mol. The number of rotatable bonds is 1. The quantitative estimate of drug-likeness (QED) is 0.864. The minimum atomic E-state index is -0.523. The summed E-state index contributed by atoms with van der Waals surface area (Å²) in [5, 5.41) is 10.4. The molecular formula is C18H27NO3. The Hall–Kier alpha value is -1.29. The minimum absolute atomic E-state index is 0.0104. The molecule has 0 radical (unpaired) electrons. The van der Waals surface area contributed by atoms with E-state index in [0.717, 1.165) is 55.7 Å². The zero-order chi connectivity index (χ0) is 16.1. The molecule has 2 heterocycles. The zero-order valence-electron chi connectivity index (χ0n) is 14.1. The van der Waals surface area contributed by atoms with Gasteiger partial charge in [-0.2, -0.15) is 0 Å². The van der Waals surface area contributed by atoms with Crippen molar-refractivity contribution < 1.29 is 14.3 Å². The monoisotopic (exact) mass is 305 g/mol. The Morgan fingerprint density at radius 2 is 1.95 bits per heavy atom. The lowest BCUT2D eigenvalue weighted by Crippen LogP contribution is -2.38. The molecule has 122 valence electrons. The van der Waals surface area contributed by atoms with Gasteiger partial charge in [0.05, 0.1) is 6.10 Å². The van der Waals surface area contributed by atoms with E-state index in [9.17, 15) is 9.90 Å². The van der Waals surface area contributed by atoms with Crippen LogP contribution >= 0.6 is 0 Å². The van der Waals surface area contributed by atoms with E-state index in [1.807, 2.05) is 11.8 Å². The Bertz CT molecular complexity index is 579. The Balaban J connectivity index is 1.88. The highest BCUT2D eigenvalue weighted by Gasteiger charge is 2.38. The van der Waals surface area contributed by atoms with Gasteiger partial charge >= 0.3 is 0 Å². The fourth-order valence-corrected chi connectivity index (χ4v) is 3.84. The van der Waals surface area contributed by atoms with Gasteiger partial charge in [0.25, 0.3) is 5.91 Å². The van der Waals surface area contributed by atoms with Crippen molar-refractivity contribution in [3.8, 4) is 0 Å². The molecule has 4 heteroatoms. The lowest BCUT2D eigenvalue weighted by molar-refractivity contribution is 0.0655. The highest BCUT2D eigenvalue weighted by Crippen LogP contribution is 2.44. The highest BCUT2D eigenvalue weighted by molar-refractivity contribution is 5.93. The summed E-state index contributed by atoms with van der Waals surface area (Å²) in [7, 11) is 0. The molecule has 0 saturated carbocycles. The van der Waals surface area contributed by atoms with Crippen LogP contribution in [0.25, 0.3) is 0 Å². The van der Waals surface area contributed by atoms with Crippen LogP contribution in [0.4, 0.5) is 0 Å². The van der Waals surface area contributed by atoms with Gasteiger partial charge in [-0.25, -0.2) is 0 Å². The lowest BCUT2D eigenvalue weighted by Gasteiger charge is -2.31. The number of likely N-dealkylation sites (tertiary alicyclic amines) is 1. The summed E-state index contributed by atoms with van der Waals surface area (Å²) < 4.78 is 5.93. The van der Waals surface area contributed by atoms with Crippen molar-refractivity contribution in [3.63, 3.8) is 0 Å². The van der Waals surface area contributed by atoms with Crippen molar-refractivity contribution in [2.24, 2.45) is 11.3 Å². The van der Waals surface area contributed by atoms with Gasteiger partial charge in [-0.3, -0.25) is 4.79 Å². The third-order valence-electron chi connectivity index (χ3n) is 5.25. The maximum atomic E-state index is 12.8. The number of aliphatic hydroxyl groups is 1. The number of amides is 1. The fourth-order valence-electron chi connectivity index (χ4n) is 3.84. The number of hydrogen-bond acceptors (Lipinski definition) is 3. The third-order valence-corrected chi connectivity index (χ3v) is 5.25. The van der Waals surface area contributed by atoms with Crippen molar-refractivity contribution in [2.75, 3.05) is 13.1 Å². The SMILES string of the molecule is Cc1c(C(=O)N2CCC(C)CC2)oc2c1C(O)CC(C)(C)C2. The number of piperidine rings is 1. The molecule has 1 fully saturated rings. The van der Waals surface area contributed by atoms with E-state index in [1.54, 1.807) is 0 Å². The largest absolute Gasteiger partial charge is 0.455 e. The van der Waals surface area contributed by atoms with Gasteiger partial charge < -0.3 is 14.4 Å². The number of nitrogens with zero attached hydrogens (tertiary/aromatic N) is 1. The predicted octanol–water partition coefficient (Wildman–Crippen LogP) is 3.47. The van der Waals surface area contributed by atoms with Gasteiger partial charge in [-0.05, 0) is 37.5 Å². The molecule has 3 rings (SSSR count). The number of aliphatic hydroxyl groups excluding tert-OH is 1. The van der Waals surface area contributed by atoms with E-state index < -0.39 is 6.10 Å². The average Bonchev–Trinajstić information content (AvgIpc) is 2.74. The summed E-state index contributed by atoms with van der Waals surface area (Å²) in [6.45, 7) is 10.0. The van der Waals surface area contributed by atoms with Crippen molar-refractivity contribution in [2.45, 2.75) is 59.5 Å². The smallest absolute Gasteiger partial charge is 0.289 e. The molecule has 1 aromatic heterocycles. The Kier molecular flexibility index (Phi) is 3.84. The first-order valence-corrected chi connectivity index (χ1v) is 8.38. The first-order chi connectivity index (χ1) is 10.3. The number of hydrogen-bond donors (Lipinski definition) is 1. The van der Waals surface area contributed by atoms with E-state index in [1.165, 1.54) is 0 Å². The average molecular weight is 305 g/mol. The molecule has 1 atom stereocenters. The standard InChI is InChI=1S/C18H27NO3/c1-11-5-7-19(8-6-11)17(21)16-12(2)15-13(20)9-18(3,4)10-14(15)22-16/h11,13,20H,5-10H2,1-4H3. The molecule has 0 spiro atoms. The minimum Gasteiger partial charge on any atom is -0.455 e. The van der Waals surface area contributed by atoms with E-state index in [-0.39, 0.29) is 11.3 Å². The van der Waals surface area contributed by atoms with Gasteiger partial charge in [0.2, 0.25) is 0 Å². The molecule has 1 aliphatic carbocycles. The molecule has 4 nitrogen and oxygen atoms in total. The summed E-state index contributed by atoms with van der Waals surface area (Å²) >= 11 is 0. The van der Waals surface area contributed by atoms with Gasteiger partial charge in [0.1, 0.15) is 5.76 Å². The summed E-state index contributed by atoms with van der Waals surface area (Å²) in [5.74, 6) is 1.92. The van der Waals surface area contributed by atoms with Crippen LogP contribution in [0, 0.1) is 18.3 Å². The van der Waals surface area contributed by atoms with Crippen molar-refractivity contribution in [3.05, 3.63) is 22.6 Å². The molecule has 1 unspecified atom stereocenters. The van der Waals surface area contributed by atoms with Gasteiger partial charge in [0.15, 0.2) is 5.76 Å². The molecule has 22 heavy (non-hydrogen) atoms. The van der Waals surface area contributed by atoms with Gasteiger partial charge in [-0.15, -0.1) is 0 Å². The van der Waals surface area contributed by atoms with E-state index in [4.69, 9.17) is 4.42 Å². The van der Waals surface area contributed by atoms with Crippen LogP contribution in [-0.2, 0) is 6.42 Å². The number of carbonyl (C=O) groups excluding carboxylic acids is 1. The molecule has 0 bridgehead atoms. The van der Waals surface area contributed by atoms with Crippen LogP contribution < -0.4 is 0 Å². The molecule has 0 aromatic carbocycles. The van der Waals surface area contributed by atoms with Crippen LogP contribution in [0.15, 0.2) is 4.42 Å². The number of carbonyl (C=O) groups is 1. The fraction of sp³-hybridized carbons (Fsp3) is 0.722. The van der Waals surface area contributed by atoms with Crippen LogP contribution in [0.2, 0.25) is 0 Å². The van der Waals surface area contributed by atoms with Crippen molar-refractivity contribution in [1.82, 2.24) is 4.90 Å².